The van der Waals surface area contributed by atoms with Crippen molar-refractivity contribution in [1.82, 2.24) is 16.0 Å². The molecular weight excluding hydrogens is 521 g/mol. The number of nitrogens with one attached hydrogen (secondary N) is 4. The number of rotatable bonds is 14. The molecule has 0 heterocycles. The maximum Gasteiger partial charge on any atom is 0.252 e. The molecule has 0 aliphatic rings. The minimum atomic E-state index is -1.37. The summed E-state index contributed by atoms with van der Waals surface area (Å²) in [5.74, 6) is -2.31. The molecule has 4 atom stereocenters. The maximum absolute atomic E-state index is 12.9. The number of alkyl halides is 1. The van der Waals surface area contributed by atoms with Gasteiger partial charge < -0.3 is 36.9 Å². The van der Waals surface area contributed by atoms with Crippen LogP contribution in [0.3, 0.4) is 0 Å². The molecule has 1 aromatic carbocycles. The molecule has 1 rings (SSSR count). The van der Waals surface area contributed by atoms with Crippen molar-refractivity contribution in [2.24, 2.45) is 5.73 Å². The Balaban J connectivity index is 2.92. The Bertz CT molecular complexity index is 899. The van der Waals surface area contributed by atoms with Crippen LogP contribution in [0.1, 0.15) is 43.5 Å². The number of nitrogens with two attached hydrogens (primary N) is 1. The Morgan fingerprint density at radius 1 is 1.00 bits per heavy atom. The van der Waals surface area contributed by atoms with Gasteiger partial charge in [0.25, 0.3) is 5.91 Å². The van der Waals surface area contributed by atoms with Crippen LogP contribution in [0.2, 0.25) is 0 Å². The number of anilines is 1. The first-order valence-electron chi connectivity index (χ1n) is 11.0. The molecule has 11 nitrogen and oxygen atoms in total. The lowest BCUT2D eigenvalue weighted by atomic mass is 9.96. The largest absolute Gasteiger partial charge is 0.391 e. The van der Waals surface area contributed by atoms with E-state index in [2.05, 4.69) is 37.2 Å². The van der Waals surface area contributed by atoms with Crippen LogP contribution >= 0.6 is 15.9 Å². The third kappa shape index (κ3) is 10.6. The molecule has 13 heteroatoms. The molecule has 4 amide bonds. The van der Waals surface area contributed by atoms with Crippen LogP contribution in [-0.2, 0) is 19.2 Å². The molecule has 0 spiro atoms. The summed E-state index contributed by atoms with van der Waals surface area (Å²) < 4.78 is 0. The predicted molar refractivity (Wildman–Crippen MR) is 135 cm³/mol. The van der Waals surface area contributed by atoms with E-state index in [4.69, 9.17) is 13.6 Å². The molecule has 0 aliphatic carbocycles. The minimum absolute atomic E-state index is 0.118. The summed E-state index contributed by atoms with van der Waals surface area (Å²) in [5, 5.41) is 20.3. The smallest absolute Gasteiger partial charge is 0.252 e. The second-order valence-corrected chi connectivity index (χ2v) is 8.49. The third-order valence-electron chi connectivity index (χ3n) is 4.97. The van der Waals surface area contributed by atoms with Gasteiger partial charge in [0.05, 0.1) is 23.2 Å². The number of carbonyl (C=O) groups is 5. The van der Waals surface area contributed by atoms with Crippen molar-refractivity contribution in [3.63, 3.8) is 0 Å². The summed E-state index contributed by atoms with van der Waals surface area (Å²) in [6.45, 7) is 3.13. The van der Waals surface area contributed by atoms with Crippen LogP contribution in [0.25, 0.3) is 0 Å². The van der Waals surface area contributed by atoms with Gasteiger partial charge in [-0.1, -0.05) is 15.9 Å². The first kappa shape index (κ1) is 30.3. The topological polar surface area (TPSA) is 180 Å². The molecule has 190 valence electrons. The van der Waals surface area contributed by atoms with E-state index in [-0.39, 0.29) is 23.2 Å². The number of unbranched alkanes of at least 4 members (excludes halogenated alkanes) is 1. The Labute approximate surface area is 213 Å². The zero-order valence-corrected chi connectivity index (χ0v) is 21.3. The van der Waals surface area contributed by atoms with Crippen LogP contribution < -0.4 is 27.0 Å². The highest BCUT2D eigenvalue weighted by atomic mass is 79.9. The van der Waals surface area contributed by atoms with Gasteiger partial charge in [0.2, 0.25) is 17.7 Å². The van der Waals surface area contributed by atoms with Crippen LogP contribution in [0.15, 0.2) is 24.3 Å². The summed E-state index contributed by atoms with van der Waals surface area (Å²) in [6, 6.07) is 2.58. The molecule has 0 fully saturated rings. The first-order chi connectivity index (χ1) is 16.5. The molecule has 0 aromatic heterocycles. The Morgan fingerprint density at radius 3 is 2.14 bits per heavy atom. The highest BCUT2D eigenvalue weighted by molar-refractivity contribution is 9.09. The number of aliphatic hydroxyl groups excluding tert-OH is 1. The normalized spacial score (nSPS) is 14.1. The van der Waals surface area contributed by atoms with Crippen molar-refractivity contribution in [3.8, 4) is 0 Å². The van der Waals surface area contributed by atoms with Crippen molar-refractivity contribution < 1.29 is 29.1 Å². The SMILES string of the molecule is [B]C(=O)[C@@H](C)NC(=O)[C@H](CCCCN)NC(=O)[C@@H](NC(=O)c1ccc(NC(=O)CBr)cc1)[C@@H](C)O. The van der Waals surface area contributed by atoms with Gasteiger partial charge in [-0.05, 0) is 63.9 Å². The number of benzene rings is 1. The molecular formula is C22H31BBrN5O6. The molecule has 0 saturated heterocycles. The molecule has 0 saturated carbocycles. The summed E-state index contributed by atoms with van der Waals surface area (Å²) >= 11 is 3.04. The van der Waals surface area contributed by atoms with E-state index < -0.39 is 47.6 Å². The Hall–Kier alpha value is -2.77. The van der Waals surface area contributed by atoms with Gasteiger partial charge in [-0.2, -0.15) is 0 Å². The van der Waals surface area contributed by atoms with E-state index in [1.54, 1.807) is 0 Å². The molecule has 0 unspecified atom stereocenters. The lowest BCUT2D eigenvalue weighted by molar-refractivity contribution is -0.132. The average molecular weight is 552 g/mol. The average Bonchev–Trinajstić information content (AvgIpc) is 2.81. The number of carbonyl (C=O) groups excluding carboxylic acids is 5. The fraction of sp³-hybridized carbons (Fsp3) is 0.500. The molecule has 0 aliphatic heterocycles. The molecule has 0 bridgehead atoms. The zero-order valence-electron chi connectivity index (χ0n) is 19.7. The zero-order chi connectivity index (χ0) is 26.5. The van der Waals surface area contributed by atoms with Gasteiger partial charge in [0.1, 0.15) is 12.1 Å². The summed E-state index contributed by atoms with van der Waals surface area (Å²) in [4.78, 5) is 60.9. The van der Waals surface area contributed by atoms with E-state index in [0.29, 0.717) is 25.1 Å². The van der Waals surface area contributed by atoms with Crippen molar-refractivity contribution in [1.29, 1.82) is 0 Å². The number of hydrogen-bond acceptors (Lipinski definition) is 7. The van der Waals surface area contributed by atoms with E-state index in [9.17, 15) is 29.1 Å². The molecule has 7 N–H and O–H groups in total. The second kappa shape index (κ2) is 15.3. The second-order valence-electron chi connectivity index (χ2n) is 7.93. The highest BCUT2D eigenvalue weighted by Crippen LogP contribution is 2.11. The lowest BCUT2D eigenvalue weighted by Crippen LogP contribution is -2.58. The third-order valence-corrected chi connectivity index (χ3v) is 5.48. The molecule has 1 aromatic rings. The Kier molecular flexibility index (Phi) is 13.2. The van der Waals surface area contributed by atoms with Gasteiger partial charge in [0, 0.05) is 11.3 Å². The number of aliphatic hydroxyl groups is 1. The lowest BCUT2D eigenvalue weighted by Gasteiger charge is -2.25. The van der Waals surface area contributed by atoms with Gasteiger partial charge in [-0.3, -0.25) is 19.2 Å². The minimum Gasteiger partial charge on any atom is -0.391 e. The van der Waals surface area contributed by atoms with Crippen molar-refractivity contribution in [2.75, 3.05) is 17.2 Å². The number of amides is 4. The van der Waals surface area contributed by atoms with E-state index in [0.717, 1.165) is 0 Å². The number of hydrogen-bond donors (Lipinski definition) is 6. The van der Waals surface area contributed by atoms with Crippen molar-refractivity contribution in [2.45, 2.75) is 57.3 Å². The summed E-state index contributed by atoms with van der Waals surface area (Å²) in [5.41, 5.74) is 5.43. The monoisotopic (exact) mass is 551 g/mol. The van der Waals surface area contributed by atoms with Crippen LogP contribution in [-0.4, -0.2) is 78.4 Å². The Morgan fingerprint density at radius 2 is 1.63 bits per heavy atom. The maximum atomic E-state index is 12.9. The van der Waals surface area contributed by atoms with Crippen molar-refractivity contribution >= 4 is 58.8 Å². The molecule has 35 heavy (non-hydrogen) atoms. The van der Waals surface area contributed by atoms with Crippen LogP contribution in [0, 0.1) is 0 Å². The molecule has 2 radical (unpaired) electrons. The highest BCUT2D eigenvalue weighted by Gasteiger charge is 2.30. The van der Waals surface area contributed by atoms with Gasteiger partial charge in [-0.15, -0.1) is 0 Å². The van der Waals surface area contributed by atoms with E-state index in [1.165, 1.54) is 38.1 Å². The van der Waals surface area contributed by atoms with Crippen molar-refractivity contribution in [3.05, 3.63) is 29.8 Å². The summed E-state index contributed by atoms with van der Waals surface area (Å²) in [6.07, 6.45) is 0.0631. The first-order valence-corrected chi connectivity index (χ1v) is 12.2. The standard InChI is InChI=1S/C22H31BBrN5O6/c1-12(19(23)32)26-21(34)16(5-3-4-10-25)28-22(35)18(13(2)30)29-20(33)14-6-8-15(9-7-14)27-17(31)11-24/h6-9,12-13,16,18,30H,3-5,10-11,25H2,1-2H3,(H,26,34)(H,27,31)(H,28,35)(H,29,33)/t12-,13-,16+,18+/m1/s1. The van der Waals surface area contributed by atoms with Crippen LogP contribution in [0.5, 0.6) is 0 Å². The fourth-order valence-corrected chi connectivity index (χ4v) is 3.08. The van der Waals surface area contributed by atoms with Crippen LogP contribution in [0.4, 0.5) is 5.69 Å². The van der Waals surface area contributed by atoms with Gasteiger partial charge >= 0.3 is 0 Å². The number of halogens is 1. The quantitative estimate of drug-likeness (QED) is 0.100. The van der Waals surface area contributed by atoms with Gasteiger partial charge in [0.15, 0.2) is 7.85 Å². The predicted octanol–water partition coefficient (Wildman–Crippen LogP) is -0.687. The fourth-order valence-electron chi connectivity index (χ4n) is 2.94. The van der Waals surface area contributed by atoms with E-state index in [1.807, 2.05) is 0 Å². The summed E-state index contributed by atoms with van der Waals surface area (Å²) in [7, 11) is 5.18. The van der Waals surface area contributed by atoms with E-state index >= 15 is 0 Å². The van der Waals surface area contributed by atoms with Gasteiger partial charge in [-0.25, -0.2) is 0 Å².